The smallest absolute Gasteiger partial charge is 0.0537 e. The van der Waals surface area contributed by atoms with Gasteiger partial charge < -0.3 is 4.57 Å². The molecule has 0 amide bonds. The lowest BCUT2D eigenvalue weighted by Crippen LogP contribution is -1.98. The van der Waals surface area contributed by atoms with Crippen LogP contribution in [-0.2, 0) is 6.42 Å². The number of para-hydroxylation sites is 1. The molecule has 0 spiro atoms. The Labute approximate surface area is 349 Å². The third kappa shape index (κ3) is 5.89. The molecule has 0 N–H and O–H groups in total. The van der Waals surface area contributed by atoms with Gasteiger partial charge in [-0.25, -0.2) is 0 Å². The van der Waals surface area contributed by atoms with E-state index in [1.807, 2.05) is 11.3 Å². The molecular weight excluding hydrogens is 731 g/mol. The van der Waals surface area contributed by atoms with Crippen molar-refractivity contribution < 1.29 is 0 Å². The highest BCUT2D eigenvalue weighted by Gasteiger charge is 2.20. The van der Waals surface area contributed by atoms with Gasteiger partial charge in [-0.05, 0) is 134 Å². The maximum absolute atomic E-state index is 2.47. The summed E-state index contributed by atoms with van der Waals surface area (Å²) in [6, 6.07) is 62.7. The second-order valence-electron chi connectivity index (χ2n) is 15.8. The number of hydrogen-bond acceptors (Lipinski definition) is 1. The number of rotatable bonds is 7. The van der Waals surface area contributed by atoms with Crippen LogP contribution < -0.4 is 0 Å². The minimum Gasteiger partial charge on any atom is -0.310 e. The number of aryl methyl sites for hydroxylation is 2. The summed E-state index contributed by atoms with van der Waals surface area (Å²) in [7, 11) is 0. The first kappa shape index (κ1) is 35.4. The molecule has 10 aromatic rings. The van der Waals surface area contributed by atoms with Crippen molar-refractivity contribution in [1.82, 2.24) is 4.57 Å². The van der Waals surface area contributed by atoms with Gasteiger partial charge in [0, 0.05) is 26.0 Å². The third-order valence-corrected chi connectivity index (χ3v) is 13.8. The number of nitrogens with zero attached hydrogens (tertiary/aromatic N) is 1. The Morgan fingerprint density at radius 1 is 0.576 bits per heavy atom. The fraction of sp³-hybridized carbons (Fsp3) is 0.0877. The molecule has 0 saturated heterocycles. The molecule has 1 nitrogen and oxygen atoms in total. The van der Waals surface area contributed by atoms with Crippen LogP contribution in [0.15, 0.2) is 176 Å². The summed E-state index contributed by atoms with van der Waals surface area (Å²) in [5.41, 5.74) is 16.5. The second-order valence-corrected chi connectivity index (χ2v) is 16.9. The van der Waals surface area contributed by atoms with E-state index in [0.717, 1.165) is 24.9 Å². The minimum atomic E-state index is 0.950. The topological polar surface area (TPSA) is 4.93 Å². The lowest BCUT2D eigenvalue weighted by molar-refractivity contribution is 1.02. The summed E-state index contributed by atoms with van der Waals surface area (Å²) in [6.07, 6.45) is 10.4. The zero-order chi connectivity index (χ0) is 39.5. The number of hydrogen-bond donors (Lipinski definition) is 0. The normalized spacial score (nSPS) is 12.9. The van der Waals surface area contributed by atoms with E-state index in [9.17, 15) is 0 Å². The molecule has 0 fully saturated rings. The Balaban J connectivity index is 1.06. The van der Waals surface area contributed by atoms with E-state index in [0.29, 0.717) is 0 Å². The molecule has 0 saturated carbocycles. The Bertz CT molecular complexity index is 3280. The molecule has 2 heteroatoms. The molecule has 1 aliphatic rings. The van der Waals surface area contributed by atoms with Gasteiger partial charge in [-0.15, -0.1) is 11.3 Å². The first-order chi connectivity index (χ1) is 29.2. The molecule has 0 unspecified atom stereocenters. The van der Waals surface area contributed by atoms with Crippen LogP contribution in [0.3, 0.4) is 0 Å². The molecule has 1 aliphatic carbocycles. The maximum Gasteiger partial charge on any atom is 0.0537 e. The van der Waals surface area contributed by atoms with Gasteiger partial charge in [0.1, 0.15) is 0 Å². The summed E-state index contributed by atoms with van der Waals surface area (Å²) >= 11 is 1.99. The fourth-order valence-corrected chi connectivity index (χ4v) is 11.0. The monoisotopic (exact) mass is 773 g/mol. The zero-order valence-electron chi connectivity index (χ0n) is 33.4. The predicted octanol–water partition coefficient (Wildman–Crippen LogP) is 16.4. The molecule has 0 aliphatic heterocycles. The van der Waals surface area contributed by atoms with Gasteiger partial charge in [-0.3, -0.25) is 0 Å². The Morgan fingerprint density at radius 3 is 1.90 bits per heavy atom. The standard InChI is InChI=1S/C57H43NS/c1-3-38(45-25-16-26-50-46-22-13-15-28-54(46)59-57(45)50)36-53-37(2)44-21-12-14-27-52(44)58(53)43-32-29-39(30-33-43)42-31-34-49-51(35-42)56(41-19-8-5-9-20-41)48-24-11-10-23-47(48)55(49)40-17-6-4-7-18-40/h4-14,16-27,29-36H,3,15,28H2,1-2H3/b38-36+. The number of aromatic nitrogens is 1. The summed E-state index contributed by atoms with van der Waals surface area (Å²) in [5, 5.41) is 7.75. The van der Waals surface area contributed by atoms with Crippen LogP contribution in [0, 0.1) is 6.92 Å². The molecule has 59 heavy (non-hydrogen) atoms. The highest BCUT2D eigenvalue weighted by atomic mass is 32.1. The highest BCUT2D eigenvalue weighted by molar-refractivity contribution is 7.19. The van der Waals surface area contributed by atoms with Crippen LogP contribution in [0.5, 0.6) is 0 Å². The quantitative estimate of drug-likeness (QED) is 0.142. The lowest BCUT2D eigenvalue weighted by Gasteiger charge is -2.19. The van der Waals surface area contributed by atoms with Gasteiger partial charge in [0.05, 0.1) is 11.2 Å². The SMILES string of the molecule is CC/C(=C\c1c(C)c2ccccc2n1-c1ccc(-c2ccc3c(-c4ccccc4)c4ccccc4c(-c4ccccc4)c3c2)cc1)c1cccc2c3c(sc12)CCC=C3. The molecule has 0 atom stereocenters. The van der Waals surface area contributed by atoms with Crippen LogP contribution in [0.25, 0.3) is 99.3 Å². The molecule has 0 radical (unpaired) electrons. The largest absolute Gasteiger partial charge is 0.310 e. The van der Waals surface area contributed by atoms with Crippen molar-refractivity contribution in [2.45, 2.75) is 33.1 Å². The Kier molecular flexibility index (Phi) is 8.75. The number of fused-ring (bicyclic) bond motifs is 6. The molecule has 8 aromatic carbocycles. The van der Waals surface area contributed by atoms with Gasteiger partial charge in [0.15, 0.2) is 0 Å². The van der Waals surface area contributed by atoms with Crippen LogP contribution in [0.1, 0.15) is 47.0 Å². The second kappa shape index (κ2) is 14.6. The minimum absolute atomic E-state index is 0.950. The van der Waals surface area contributed by atoms with Crippen LogP contribution in [0.2, 0.25) is 0 Å². The summed E-state index contributed by atoms with van der Waals surface area (Å²) in [4.78, 5) is 1.52. The summed E-state index contributed by atoms with van der Waals surface area (Å²) in [6.45, 7) is 4.59. The van der Waals surface area contributed by atoms with Gasteiger partial charge in [-0.2, -0.15) is 0 Å². The van der Waals surface area contributed by atoms with Crippen molar-refractivity contribution in [2.24, 2.45) is 0 Å². The predicted molar refractivity (Wildman–Crippen MR) is 257 cm³/mol. The molecule has 282 valence electrons. The van der Waals surface area contributed by atoms with Crippen LogP contribution in [0.4, 0.5) is 0 Å². The first-order valence-corrected chi connectivity index (χ1v) is 21.7. The number of allylic oxidation sites excluding steroid dienone is 2. The van der Waals surface area contributed by atoms with Gasteiger partial charge in [-0.1, -0.05) is 165 Å². The van der Waals surface area contributed by atoms with E-state index >= 15 is 0 Å². The Hall–Kier alpha value is -6.74. The van der Waals surface area contributed by atoms with Crippen LogP contribution in [-0.4, -0.2) is 4.57 Å². The lowest BCUT2D eigenvalue weighted by atomic mass is 9.85. The Morgan fingerprint density at radius 2 is 1.19 bits per heavy atom. The highest BCUT2D eigenvalue weighted by Crippen LogP contribution is 2.45. The molecule has 2 heterocycles. The zero-order valence-corrected chi connectivity index (χ0v) is 34.2. The van der Waals surface area contributed by atoms with E-state index in [1.165, 1.54) is 109 Å². The van der Waals surface area contributed by atoms with Crippen molar-refractivity contribution in [2.75, 3.05) is 0 Å². The number of benzene rings is 8. The average molecular weight is 774 g/mol. The van der Waals surface area contributed by atoms with Gasteiger partial charge in [0.25, 0.3) is 0 Å². The van der Waals surface area contributed by atoms with E-state index in [2.05, 4.69) is 207 Å². The van der Waals surface area contributed by atoms with Gasteiger partial charge in [0.2, 0.25) is 0 Å². The first-order valence-electron chi connectivity index (χ1n) is 20.9. The molecular formula is C57H43NS. The maximum atomic E-state index is 2.47. The molecule has 11 rings (SSSR count). The van der Waals surface area contributed by atoms with E-state index in [1.54, 1.807) is 0 Å². The fourth-order valence-electron chi connectivity index (χ4n) is 9.62. The summed E-state index contributed by atoms with van der Waals surface area (Å²) < 4.78 is 3.88. The van der Waals surface area contributed by atoms with Crippen molar-refractivity contribution in [3.05, 3.63) is 203 Å². The van der Waals surface area contributed by atoms with E-state index < -0.39 is 0 Å². The molecule has 0 bridgehead atoms. The van der Waals surface area contributed by atoms with E-state index in [4.69, 9.17) is 0 Å². The summed E-state index contributed by atoms with van der Waals surface area (Å²) in [5.74, 6) is 0. The van der Waals surface area contributed by atoms with Crippen molar-refractivity contribution in [3.8, 4) is 39.1 Å². The van der Waals surface area contributed by atoms with Crippen molar-refractivity contribution >= 4 is 71.6 Å². The number of thiophene rings is 1. The average Bonchev–Trinajstić information content (AvgIpc) is 3.82. The van der Waals surface area contributed by atoms with Gasteiger partial charge >= 0.3 is 0 Å². The van der Waals surface area contributed by atoms with E-state index in [-0.39, 0.29) is 0 Å². The van der Waals surface area contributed by atoms with Crippen molar-refractivity contribution in [3.63, 3.8) is 0 Å². The third-order valence-electron chi connectivity index (χ3n) is 12.5. The molecule has 2 aromatic heterocycles. The van der Waals surface area contributed by atoms with Crippen molar-refractivity contribution in [1.29, 1.82) is 0 Å². The van der Waals surface area contributed by atoms with Crippen LogP contribution >= 0.6 is 11.3 Å².